The Morgan fingerprint density at radius 2 is 2.41 bits per heavy atom. The smallest absolute Gasteiger partial charge is 0.274 e. The van der Waals surface area contributed by atoms with Crippen LogP contribution < -0.4 is 5.73 Å². The first-order valence-corrected chi connectivity index (χ1v) is 5.29. The standard InChI is InChI=1S/C10H14N4O3/c11-9-4-12-8(3-13-9)10(16)14-1-2-17-6-7(14)5-15/h3-4,7,15H,1-2,5-6H2,(H2,11,13). The minimum Gasteiger partial charge on any atom is -0.394 e. The van der Waals surface area contributed by atoms with Gasteiger partial charge in [0.2, 0.25) is 0 Å². The molecule has 1 aliphatic heterocycles. The molecule has 0 aliphatic carbocycles. The van der Waals surface area contributed by atoms with Gasteiger partial charge in [0.05, 0.1) is 38.3 Å². The van der Waals surface area contributed by atoms with E-state index in [9.17, 15) is 9.90 Å². The molecule has 1 saturated heterocycles. The van der Waals surface area contributed by atoms with Gasteiger partial charge in [-0.1, -0.05) is 0 Å². The summed E-state index contributed by atoms with van der Waals surface area (Å²) in [4.78, 5) is 21.4. The molecule has 1 aromatic heterocycles. The Bertz CT molecular complexity index is 395. The SMILES string of the molecule is Nc1cnc(C(=O)N2CCOCC2CO)cn1. The number of carbonyl (C=O) groups is 1. The summed E-state index contributed by atoms with van der Waals surface area (Å²) in [5, 5.41) is 9.17. The lowest BCUT2D eigenvalue weighted by Gasteiger charge is -2.34. The van der Waals surface area contributed by atoms with E-state index in [1.165, 1.54) is 12.4 Å². The first-order chi connectivity index (χ1) is 8.22. The number of hydrogen-bond acceptors (Lipinski definition) is 6. The molecular weight excluding hydrogens is 224 g/mol. The molecule has 1 amide bonds. The maximum absolute atomic E-state index is 12.1. The molecule has 1 unspecified atom stereocenters. The number of rotatable bonds is 2. The summed E-state index contributed by atoms with van der Waals surface area (Å²) >= 11 is 0. The topological polar surface area (TPSA) is 102 Å². The lowest BCUT2D eigenvalue weighted by Crippen LogP contribution is -2.50. The molecule has 1 atom stereocenters. The van der Waals surface area contributed by atoms with E-state index in [0.29, 0.717) is 19.8 Å². The van der Waals surface area contributed by atoms with Gasteiger partial charge in [0.1, 0.15) is 11.5 Å². The van der Waals surface area contributed by atoms with Crippen LogP contribution in [0.25, 0.3) is 0 Å². The van der Waals surface area contributed by atoms with Gasteiger partial charge < -0.3 is 20.5 Å². The number of anilines is 1. The number of nitrogens with two attached hydrogens (primary N) is 1. The van der Waals surface area contributed by atoms with E-state index < -0.39 is 0 Å². The third-order valence-corrected chi connectivity index (χ3v) is 2.59. The maximum atomic E-state index is 12.1. The predicted octanol–water partition coefficient (Wildman–Crippen LogP) is -1.11. The van der Waals surface area contributed by atoms with Gasteiger partial charge in [0, 0.05) is 6.54 Å². The van der Waals surface area contributed by atoms with E-state index >= 15 is 0 Å². The Balaban J connectivity index is 2.15. The summed E-state index contributed by atoms with van der Waals surface area (Å²) in [6.07, 6.45) is 2.67. The Morgan fingerprint density at radius 1 is 1.59 bits per heavy atom. The zero-order chi connectivity index (χ0) is 12.3. The molecule has 7 heteroatoms. The number of aliphatic hydroxyl groups excluding tert-OH is 1. The van der Waals surface area contributed by atoms with Crippen molar-refractivity contribution in [2.75, 3.05) is 32.1 Å². The highest BCUT2D eigenvalue weighted by atomic mass is 16.5. The van der Waals surface area contributed by atoms with Crippen LogP contribution in [0.2, 0.25) is 0 Å². The molecule has 7 nitrogen and oxygen atoms in total. The summed E-state index contributed by atoms with van der Waals surface area (Å²) in [6, 6.07) is -0.324. The van der Waals surface area contributed by atoms with Crippen molar-refractivity contribution < 1.29 is 14.6 Å². The van der Waals surface area contributed by atoms with Gasteiger partial charge in [0.15, 0.2) is 0 Å². The van der Waals surface area contributed by atoms with E-state index in [1.807, 2.05) is 0 Å². The molecule has 2 heterocycles. The second kappa shape index (κ2) is 5.07. The maximum Gasteiger partial charge on any atom is 0.274 e. The third-order valence-electron chi connectivity index (χ3n) is 2.59. The number of amides is 1. The molecule has 2 rings (SSSR count). The number of hydrogen-bond donors (Lipinski definition) is 2. The van der Waals surface area contributed by atoms with E-state index in [4.69, 9.17) is 10.5 Å². The quantitative estimate of drug-likeness (QED) is 0.677. The van der Waals surface area contributed by atoms with E-state index in [0.717, 1.165) is 0 Å². The molecule has 0 bridgehead atoms. The van der Waals surface area contributed by atoms with Crippen LogP contribution in [0.4, 0.5) is 5.82 Å². The number of aromatic nitrogens is 2. The van der Waals surface area contributed by atoms with Crippen molar-refractivity contribution >= 4 is 11.7 Å². The minimum absolute atomic E-state index is 0.131. The molecular formula is C10H14N4O3. The first-order valence-electron chi connectivity index (χ1n) is 5.29. The van der Waals surface area contributed by atoms with Crippen molar-refractivity contribution in [2.24, 2.45) is 0 Å². The van der Waals surface area contributed by atoms with Crippen LogP contribution >= 0.6 is 0 Å². The molecule has 92 valence electrons. The van der Waals surface area contributed by atoms with Crippen LogP contribution in [-0.2, 0) is 4.74 Å². The van der Waals surface area contributed by atoms with Crippen LogP contribution in [0.3, 0.4) is 0 Å². The molecule has 1 aliphatic rings. The fourth-order valence-corrected chi connectivity index (χ4v) is 1.67. The highest BCUT2D eigenvalue weighted by molar-refractivity contribution is 5.92. The number of nitrogen functional groups attached to an aromatic ring is 1. The van der Waals surface area contributed by atoms with Gasteiger partial charge in [0.25, 0.3) is 5.91 Å². The largest absolute Gasteiger partial charge is 0.394 e. The predicted molar refractivity (Wildman–Crippen MR) is 59.2 cm³/mol. The average molecular weight is 238 g/mol. The molecule has 0 radical (unpaired) electrons. The number of ether oxygens (including phenoxy) is 1. The van der Waals surface area contributed by atoms with Crippen LogP contribution in [-0.4, -0.2) is 58.3 Å². The van der Waals surface area contributed by atoms with Gasteiger partial charge in [-0.25, -0.2) is 9.97 Å². The minimum atomic E-state index is -0.324. The molecule has 0 spiro atoms. The molecule has 1 fully saturated rings. The van der Waals surface area contributed by atoms with Gasteiger partial charge in [-0.3, -0.25) is 4.79 Å². The van der Waals surface area contributed by atoms with Crippen molar-refractivity contribution in [2.45, 2.75) is 6.04 Å². The van der Waals surface area contributed by atoms with E-state index in [-0.39, 0.29) is 30.1 Å². The van der Waals surface area contributed by atoms with Crippen LogP contribution in [0.5, 0.6) is 0 Å². The summed E-state index contributed by atoms with van der Waals surface area (Å²) in [6.45, 7) is 1.11. The van der Waals surface area contributed by atoms with Crippen LogP contribution in [0, 0.1) is 0 Å². The lowest BCUT2D eigenvalue weighted by atomic mass is 10.2. The number of aliphatic hydroxyl groups is 1. The Hall–Kier alpha value is -1.73. The summed E-state index contributed by atoms with van der Waals surface area (Å²) in [7, 11) is 0. The second-order valence-electron chi connectivity index (χ2n) is 3.74. The zero-order valence-electron chi connectivity index (χ0n) is 9.24. The van der Waals surface area contributed by atoms with Crippen molar-refractivity contribution in [3.63, 3.8) is 0 Å². The van der Waals surface area contributed by atoms with Crippen LogP contribution in [0.1, 0.15) is 10.5 Å². The van der Waals surface area contributed by atoms with Crippen molar-refractivity contribution in [1.82, 2.24) is 14.9 Å². The molecule has 3 N–H and O–H groups in total. The number of nitrogens with zero attached hydrogens (tertiary/aromatic N) is 3. The number of morpholine rings is 1. The summed E-state index contributed by atoms with van der Waals surface area (Å²) in [5.74, 6) is 0.00193. The molecule has 0 aromatic carbocycles. The van der Waals surface area contributed by atoms with E-state index in [2.05, 4.69) is 9.97 Å². The third kappa shape index (κ3) is 2.51. The summed E-state index contributed by atoms with van der Waals surface area (Å²) < 4.78 is 5.20. The Labute approximate surface area is 98.2 Å². The first kappa shape index (κ1) is 11.7. The Kier molecular flexibility index (Phi) is 3.50. The van der Waals surface area contributed by atoms with Crippen LogP contribution in [0.15, 0.2) is 12.4 Å². The number of carbonyl (C=O) groups excluding carboxylic acids is 1. The van der Waals surface area contributed by atoms with Gasteiger partial charge in [-0.05, 0) is 0 Å². The molecule has 17 heavy (non-hydrogen) atoms. The monoisotopic (exact) mass is 238 g/mol. The molecule has 0 saturated carbocycles. The average Bonchev–Trinajstić information content (AvgIpc) is 2.39. The Morgan fingerprint density at radius 3 is 3.06 bits per heavy atom. The normalized spacial score (nSPS) is 20.3. The zero-order valence-corrected chi connectivity index (χ0v) is 9.24. The van der Waals surface area contributed by atoms with Crippen molar-refractivity contribution in [1.29, 1.82) is 0 Å². The lowest BCUT2D eigenvalue weighted by molar-refractivity contribution is -0.0186. The van der Waals surface area contributed by atoms with Gasteiger partial charge in [-0.2, -0.15) is 0 Å². The highest BCUT2D eigenvalue weighted by Gasteiger charge is 2.28. The van der Waals surface area contributed by atoms with Crippen molar-refractivity contribution in [3.8, 4) is 0 Å². The van der Waals surface area contributed by atoms with E-state index in [1.54, 1.807) is 4.90 Å². The van der Waals surface area contributed by atoms with Crippen molar-refractivity contribution in [3.05, 3.63) is 18.1 Å². The fourth-order valence-electron chi connectivity index (χ4n) is 1.67. The van der Waals surface area contributed by atoms with Gasteiger partial charge >= 0.3 is 0 Å². The fraction of sp³-hybridized carbons (Fsp3) is 0.500. The highest BCUT2D eigenvalue weighted by Crippen LogP contribution is 2.10. The molecule has 1 aromatic rings. The summed E-state index contributed by atoms with van der Waals surface area (Å²) in [5.41, 5.74) is 5.62. The second-order valence-corrected chi connectivity index (χ2v) is 3.74. The van der Waals surface area contributed by atoms with Gasteiger partial charge in [-0.15, -0.1) is 0 Å².